The molecule has 0 saturated heterocycles. The van der Waals surface area contributed by atoms with Gasteiger partial charge in [-0.1, -0.05) is 37.3 Å². The molecule has 1 aliphatic carbocycles. The second-order valence-electron chi connectivity index (χ2n) is 8.18. The fourth-order valence-electron chi connectivity index (χ4n) is 3.50. The van der Waals surface area contributed by atoms with Crippen molar-refractivity contribution in [3.05, 3.63) is 81.8 Å². The molecule has 0 bridgehead atoms. The molecule has 0 amide bonds. The largest absolute Gasteiger partial charge is 0.611 e. The van der Waals surface area contributed by atoms with Gasteiger partial charge in [0.15, 0.2) is 0 Å². The van der Waals surface area contributed by atoms with Crippen LogP contribution >= 0.6 is 0 Å². The molecular formula is C26H31N3O2S. The third-order valence-electron chi connectivity index (χ3n) is 5.53. The van der Waals surface area contributed by atoms with Gasteiger partial charge in [-0.2, -0.15) is 0 Å². The fraction of sp³-hybridized carbons (Fsp3) is 0.346. The van der Waals surface area contributed by atoms with E-state index < -0.39 is 11.2 Å². The summed E-state index contributed by atoms with van der Waals surface area (Å²) in [5, 5.41) is 19.1. The first-order valence-corrected chi connectivity index (χ1v) is 12.2. The van der Waals surface area contributed by atoms with Crippen LogP contribution in [0.5, 0.6) is 0 Å². The predicted molar refractivity (Wildman–Crippen MR) is 133 cm³/mol. The maximum atomic E-state index is 12.3. The van der Waals surface area contributed by atoms with Gasteiger partial charge < -0.3 is 15.1 Å². The van der Waals surface area contributed by atoms with Crippen molar-refractivity contribution in [3.63, 3.8) is 0 Å². The standard InChI is InChI=1S/C26H31N3O2S/c1-5-19-6-8-20(9-7-19)23(27)14-15-25(30)26-18(4)28-16-24(29-26)21-10-12-22(13-11-21)32(31)17(2)3/h6-10,12,15-17,27,30H,5,11,13-14H2,1-4H3/b25-15-,27-23?. The second kappa shape index (κ2) is 10.7. The lowest BCUT2D eigenvalue weighted by Gasteiger charge is -2.20. The Labute approximate surface area is 193 Å². The molecule has 0 aliphatic heterocycles. The molecule has 1 aliphatic rings. The van der Waals surface area contributed by atoms with Crippen LogP contribution in [0, 0.1) is 12.3 Å². The summed E-state index contributed by atoms with van der Waals surface area (Å²) >= 11 is -0.959. The number of hydrogen-bond acceptors (Lipinski definition) is 5. The Bertz CT molecular complexity index is 1070. The summed E-state index contributed by atoms with van der Waals surface area (Å²) in [6, 6.07) is 7.95. The van der Waals surface area contributed by atoms with Crippen LogP contribution in [0.2, 0.25) is 0 Å². The molecule has 32 heavy (non-hydrogen) atoms. The van der Waals surface area contributed by atoms with E-state index in [2.05, 4.69) is 16.9 Å². The quantitative estimate of drug-likeness (QED) is 0.297. The molecule has 1 atom stereocenters. The van der Waals surface area contributed by atoms with Crippen LogP contribution in [0.25, 0.3) is 11.3 Å². The highest BCUT2D eigenvalue weighted by atomic mass is 32.2. The van der Waals surface area contributed by atoms with Crippen LogP contribution in [0.1, 0.15) is 68.2 Å². The first-order chi connectivity index (χ1) is 15.3. The normalized spacial score (nSPS) is 15.4. The molecule has 2 N–H and O–H groups in total. The van der Waals surface area contributed by atoms with Gasteiger partial charge in [-0.25, -0.2) is 4.98 Å². The van der Waals surface area contributed by atoms with E-state index in [0.29, 0.717) is 29.2 Å². The Kier molecular flexibility index (Phi) is 8.04. The average molecular weight is 450 g/mol. The fourth-order valence-corrected chi connectivity index (χ4v) is 4.61. The molecule has 2 aromatic rings. The Hall–Kier alpha value is -2.70. The first kappa shape index (κ1) is 24.0. The number of aromatic nitrogens is 2. The number of aryl methyl sites for hydroxylation is 2. The molecule has 0 spiro atoms. The number of hydrogen-bond donors (Lipinski definition) is 2. The molecular weight excluding hydrogens is 418 g/mol. The molecule has 3 rings (SSSR count). The highest BCUT2D eigenvalue weighted by molar-refractivity contribution is 7.95. The monoisotopic (exact) mass is 449 g/mol. The zero-order chi connectivity index (χ0) is 23.3. The van der Waals surface area contributed by atoms with Gasteiger partial charge in [-0.05, 0) is 73.6 Å². The Morgan fingerprint density at radius 1 is 1.22 bits per heavy atom. The van der Waals surface area contributed by atoms with E-state index in [4.69, 9.17) is 5.41 Å². The number of benzene rings is 1. The summed E-state index contributed by atoms with van der Waals surface area (Å²) in [7, 11) is 0. The molecule has 0 fully saturated rings. The highest BCUT2D eigenvalue weighted by Gasteiger charge is 2.22. The molecule has 1 unspecified atom stereocenters. The van der Waals surface area contributed by atoms with Crippen molar-refractivity contribution < 1.29 is 9.66 Å². The molecule has 1 aromatic heterocycles. The molecule has 1 aromatic carbocycles. The summed E-state index contributed by atoms with van der Waals surface area (Å²) in [4.78, 5) is 10.0. The average Bonchev–Trinajstić information content (AvgIpc) is 2.82. The summed E-state index contributed by atoms with van der Waals surface area (Å²) in [5.41, 5.74) is 5.30. The summed E-state index contributed by atoms with van der Waals surface area (Å²) in [6.45, 7) is 7.83. The molecule has 5 nitrogen and oxygen atoms in total. The number of nitrogens with zero attached hydrogens (tertiary/aromatic N) is 2. The molecule has 0 saturated carbocycles. The maximum Gasteiger partial charge on any atom is 0.139 e. The van der Waals surface area contributed by atoms with Crippen LogP contribution in [-0.4, -0.2) is 30.6 Å². The summed E-state index contributed by atoms with van der Waals surface area (Å²) in [5.74, 6) is 0.0281. The molecule has 168 valence electrons. The van der Waals surface area contributed by atoms with Crippen LogP contribution in [0.15, 0.2) is 53.6 Å². The van der Waals surface area contributed by atoms with Gasteiger partial charge >= 0.3 is 0 Å². The van der Waals surface area contributed by atoms with E-state index in [1.165, 1.54) is 5.56 Å². The number of allylic oxidation sites excluding steroid dienone is 5. The van der Waals surface area contributed by atoms with Crippen molar-refractivity contribution in [2.75, 3.05) is 0 Å². The minimum atomic E-state index is -0.959. The van der Waals surface area contributed by atoms with E-state index >= 15 is 0 Å². The van der Waals surface area contributed by atoms with Crippen molar-refractivity contribution in [2.24, 2.45) is 0 Å². The van der Waals surface area contributed by atoms with Gasteiger partial charge in [0.05, 0.1) is 17.6 Å². The van der Waals surface area contributed by atoms with E-state index in [1.807, 2.05) is 57.2 Å². The molecule has 1 heterocycles. The number of aliphatic hydroxyl groups excluding tert-OH is 1. The van der Waals surface area contributed by atoms with Gasteiger partial charge in [0, 0.05) is 18.6 Å². The minimum Gasteiger partial charge on any atom is -0.611 e. The van der Waals surface area contributed by atoms with Crippen molar-refractivity contribution in [1.29, 1.82) is 5.41 Å². The summed E-state index contributed by atoms with van der Waals surface area (Å²) < 4.78 is 12.3. The van der Waals surface area contributed by atoms with Crippen molar-refractivity contribution >= 4 is 28.2 Å². The SMILES string of the molecule is CCc1ccc(C(=N)C/C=C(\O)c2nc(C3=CC=C([S+]([O-])C(C)C)CC3)cnc2C)cc1. The topological polar surface area (TPSA) is 92.9 Å². The smallest absolute Gasteiger partial charge is 0.139 e. The van der Waals surface area contributed by atoms with Crippen LogP contribution in [0.4, 0.5) is 0 Å². The van der Waals surface area contributed by atoms with E-state index in [1.54, 1.807) is 12.3 Å². The Balaban J connectivity index is 1.77. The van der Waals surface area contributed by atoms with Gasteiger partial charge in [0.25, 0.3) is 0 Å². The lowest BCUT2D eigenvalue weighted by Crippen LogP contribution is -2.17. The number of rotatable bonds is 8. The number of aliphatic hydroxyl groups is 1. The Morgan fingerprint density at radius 2 is 1.94 bits per heavy atom. The van der Waals surface area contributed by atoms with E-state index in [-0.39, 0.29) is 11.0 Å². The van der Waals surface area contributed by atoms with Gasteiger partial charge in [-0.3, -0.25) is 4.98 Å². The zero-order valence-electron chi connectivity index (χ0n) is 19.2. The second-order valence-corrected chi connectivity index (χ2v) is 10.2. The highest BCUT2D eigenvalue weighted by Crippen LogP contribution is 2.30. The molecule has 0 radical (unpaired) electrons. The van der Waals surface area contributed by atoms with Crippen LogP contribution in [-0.2, 0) is 17.6 Å². The van der Waals surface area contributed by atoms with E-state index in [0.717, 1.165) is 35.3 Å². The Morgan fingerprint density at radius 3 is 2.53 bits per heavy atom. The number of nitrogens with one attached hydrogen (secondary N) is 1. The lowest BCUT2D eigenvalue weighted by atomic mass is 10.0. The van der Waals surface area contributed by atoms with Crippen molar-refractivity contribution in [1.82, 2.24) is 9.97 Å². The van der Waals surface area contributed by atoms with Gasteiger partial charge in [0.1, 0.15) is 21.6 Å². The van der Waals surface area contributed by atoms with Crippen molar-refractivity contribution in [3.8, 4) is 0 Å². The van der Waals surface area contributed by atoms with Crippen LogP contribution < -0.4 is 0 Å². The zero-order valence-corrected chi connectivity index (χ0v) is 20.0. The molecule has 6 heteroatoms. The van der Waals surface area contributed by atoms with Gasteiger partial charge in [0.2, 0.25) is 0 Å². The van der Waals surface area contributed by atoms with Crippen molar-refractivity contribution in [2.45, 2.75) is 58.6 Å². The third-order valence-corrected chi connectivity index (χ3v) is 7.25. The third kappa shape index (κ3) is 5.75. The first-order valence-electron chi connectivity index (χ1n) is 11.0. The predicted octanol–water partition coefficient (Wildman–Crippen LogP) is 5.92. The maximum absolute atomic E-state index is 12.3. The van der Waals surface area contributed by atoms with E-state index in [9.17, 15) is 9.66 Å². The lowest BCUT2D eigenvalue weighted by molar-refractivity contribution is 0.505. The summed E-state index contributed by atoms with van der Waals surface area (Å²) in [6.07, 6.45) is 9.96. The van der Waals surface area contributed by atoms with Crippen LogP contribution in [0.3, 0.4) is 0 Å². The van der Waals surface area contributed by atoms with Gasteiger partial charge in [-0.15, -0.1) is 0 Å². The minimum absolute atomic E-state index is 0.0281.